The third-order valence-electron chi connectivity index (χ3n) is 6.30. The first-order valence-electron chi connectivity index (χ1n) is 12.5. The molecule has 0 bridgehead atoms. The highest BCUT2D eigenvalue weighted by atomic mass is 35.5. The third kappa shape index (κ3) is 5.80. The van der Waals surface area contributed by atoms with Crippen LogP contribution in [-0.2, 0) is 13.1 Å². The van der Waals surface area contributed by atoms with Crippen LogP contribution in [0.15, 0.2) is 73.3 Å². The first-order chi connectivity index (χ1) is 18.9. The Balaban J connectivity index is 0.000000158. The molecule has 39 heavy (non-hydrogen) atoms. The fourth-order valence-electron chi connectivity index (χ4n) is 4.13. The Morgan fingerprint density at radius 1 is 0.795 bits per heavy atom. The predicted octanol–water partition coefficient (Wildman–Crippen LogP) is 5.08. The number of anilines is 2. The van der Waals surface area contributed by atoms with E-state index in [1.54, 1.807) is 12.4 Å². The smallest absolute Gasteiger partial charge is 0.203 e. The maximum Gasteiger partial charge on any atom is 0.203 e. The lowest BCUT2D eigenvalue weighted by Gasteiger charge is -2.18. The van der Waals surface area contributed by atoms with Gasteiger partial charge in [-0.15, -0.1) is 20.4 Å². The topological polar surface area (TPSA) is 101 Å². The first-order valence-corrected chi connectivity index (χ1v) is 12.8. The highest BCUT2D eigenvalue weighted by Crippen LogP contribution is 2.19. The minimum atomic E-state index is 0.637. The van der Waals surface area contributed by atoms with E-state index in [0.29, 0.717) is 12.4 Å². The molecule has 11 heteroatoms. The number of halogens is 1. The zero-order valence-electron chi connectivity index (χ0n) is 22.2. The van der Waals surface area contributed by atoms with Crippen LogP contribution in [0.25, 0.3) is 11.3 Å². The summed E-state index contributed by atoms with van der Waals surface area (Å²) in [4.78, 5) is 10.8. The molecule has 4 heterocycles. The number of hydrogen-bond donors (Lipinski definition) is 1. The van der Waals surface area contributed by atoms with Crippen molar-refractivity contribution in [3.63, 3.8) is 0 Å². The second-order valence-corrected chi connectivity index (χ2v) is 9.59. The Labute approximate surface area is 231 Å². The SMILES string of the molecule is Cc1ccc(CNc2nccn3c(C)nnc23)cc1Cl.Cc1nnc2c(N(C)Cc3ccccc3)nccn12. The van der Waals surface area contributed by atoms with Crippen molar-refractivity contribution in [1.82, 2.24) is 39.2 Å². The third-order valence-corrected chi connectivity index (χ3v) is 6.70. The molecule has 4 aromatic heterocycles. The van der Waals surface area contributed by atoms with E-state index >= 15 is 0 Å². The van der Waals surface area contributed by atoms with Crippen molar-refractivity contribution in [1.29, 1.82) is 0 Å². The van der Waals surface area contributed by atoms with Gasteiger partial charge in [0.25, 0.3) is 0 Å². The number of aromatic nitrogens is 8. The van der Waals surface area contributed by atoms with E-state index < -0.39 is 0 Å². The molecule has 0 unspecified atom stereocenters. The van der Waals surface area contributed by atoms with Gasteiger partial charge in [0.05, 0.1) is 0 Å². The number of hydrogen-bond acceptors (Lipinski definition) is 8. The Morgan fingerprint density at radius 3 is 2.18 bits per heavy atom. The lowest BCUT2D eigenvalue weighted by atomic mass is 10.1. The monoisotopic (exact) mass is 540 g/mol. The fourth-order valence-corrected chi connectivity index (χ4v) is 4.33. The molecule has 10 nitrogen and oxygen atoms in total. The molecule has 0 amide bonds. The fraction of sp³-hybridized carbons (Fsp3) is 0.214. The van der Waals surface area contributed by atoms with Crippen LogP contribution in [0.5, 0.6) is 0 Å². The van der Waals surface area contributed by atoms with Crippen molar-refractivity contribution in [2.75, 3.05) is 17.3 Å². The second kappa shape index (κ2) is 11.4. The van der Waals surface area contributed by atoms with E-state index in [4.69, 9.17) is 11.6 Å². The van der Waals surface area contributed by atoms with Crippen LogP contribution in [-0.4, -0.2) is 46.2 Å². The quantitative estimate of drug-likeness (QED) is 0.312. The molecule has 0 aliphatic rings. The molecular formula is C28H29ClN10. The van der Waals surface area contributed by atoms with Gasteiger partial charge < -0.3 is 10.2 Å². The van der Waals surface area contributed by atoms with E-state index in [-0.39, 0.29) is 0 Å². The molecule has 6 aromatic rings. The molecule has 0 radical (unpaired) electrons. The van der Waals surface area contributed by atoms with E-state index in [1.807, 2.05) is 85.4 Å². The van der Waals surface area contributed by atoms with Crippen LogP contribution >= 0.6 is 11.6 Å². The van der Waals surface area contributed by atoms with Crippen LogP contribution < -0.4 is 10.2 Å². The summed E-state index contributed by atoms with van der Waals surface area (Å²) in [5.74, 6) is 3.26. The summed E-state index contributed by atoms with van der Waals surface area (Å²) in [5.41, 5.74) is 4.93. The summed E-state index contributed by atoms with van der Waals surface area (Å²) in [7, 11) is 2.01. The summed E-state index contributed by atoms with van der Waals surface area (Å²) >= 11 is 6.12. The summed E-state index contributed by atoms with van der Waals surface area (Å²) < 4.78 is 3.85. The van der Waals surface area contributed by atoms with Crippen LogP contribution in [0.3, 0.4) is 0 Å². The summed E-state index contributed by atoms with van der Waals surface area (Å²) in [5, 5.41) is 20.5. The second-order valence-electron chi connectivity index (χ2n) is 9.19. The zero-order valence-corrected chi connectivity index (χ0v) is 23.0. The molecule has 1 N–H and O–H groups in total. The molecule has 0 fully saturated rings. The molecule has 198 valence electrons. The normalized spacial score (nSPS) is 10.9. The van der Waals surface area contributed by atoms with Crippen molar-refractivity contribution >= 4 is 34.5 Å². The number of nitrogens with zero attached hydrogens (tertiary/aromatic N) is 9. The number of fused-ring (bicyclic) bond motifs is 2. The Hall–Kier alpha value is -4.57. The van der Waals surface area contributed by atoms with E-state index in [1.165, 1.54) is 5.56 Å². The van der Waals surface area contributed by atoms with Gasteiger partial charge in [-0.25, -0.2) is 9.97 Å². The minimum absolute atomic E-state index is 0.637. The van der Waals surface area contributed by atoms with Gasteiger partial charge in [0.15, 0.2) is 11.6 Å². The van der Waals surface area contributed by atoms with Crippen LogP contribution in [0.1, 0.15) is 28.3 Å². The minimum Gasteiger partial charge on any atom is -0.363 e. The van der Waals surface area contributed by atoms with Crippen molar-refractivity contribution in [2.24, 2.45) is 0 Å². The van der Waals surface area contributed by atoms with Gasteiger partial charge in [-0.3, -0.25) is 8.80 Å². The molecule has 0 spiro atoms. The van der Waals surface area contributed by atoms with Gasteiger partial charge >= 0.3 is 0 Å². The van der Waals surface area contributed by atoms with Crippen molar-refractivity contribution < 1.29 is 0 Å². The number of nitrogens with one attached hydrogen (secondary N) is 1. The summed E-state index contributed by atoms with van der Waals surface area (Å²) in [6.07, 6.45) is 7.23. The highest BCUT2D eigenvalue weighted by Gasteiger charge is 2.12. The van der Waals surface area contributed by atoms with Gasteiger partial charge in [-0.05, 0) is 43.5 Å². The van der Waals surface area contributed by atoms with Crippen molar-refractivity contribution in [2.45, 2.75) is 33.9 Å². The zero-order chi connectivity index (χ0) is 27.4. The molecule has 2 aromatic carbocycles. The molecule has 0 aliphatic heterocycles. The lowest BCUT2D eigenvalue weighted by Crippen LogP contribution is -2.18. The Bertz CT molecular complexity index is 1710. The molecule has 0 aliphatic carbocycles. The molecule has 0 saturated carbocycles. The Kier molecular flexibility index (Phi) is 7.64. The van der Waals surface area contributed by atoms with Gasteiger partial charge in [0.1, 0.15) is 11.6 Å². The van der Waals surface area contributed by atoms with Crippen LogP contribution in [0.4, 0.5) is 11.6 Å². The van der Waals surface area contributed by atoms with E-state index in [2.05, 4.69) is 52.7 Å². The number of aryl methyl sites for hydroxylation is 3. The van der Waals surface area contributed by atoms with Crippen molar-refractivity contribution in [3.05, 3.63) is 107 Å². The van der Waals surface area contributed by atoms with Gasteiger partial charge in [-0.1, -0.05) is 54.1 Å². The number of rotatable bonds is 6. The lowest BCUT2D eigenvalue weighted by molar-refractivity contribution is 0.890. The molecule has 0 atom stereocenters. The first kappa shape index (κ1) is 26.1. The van der Waals surface area contributed by atoms with Gasteiger partial charge in [0.2, 0.25) is 11.3 Å². The number of benzene rings is 2. The Morgan fingerprint density at radius 2 is 1.46 bits per heavy atom. The van der Waals surface area contributed by atoms with Crippen LogP contribution in [0, 0.1) is 20.8 Å². The maximum absolute atomic E-state index is 6.12. The van der Waals surface area contributed by atoms with E-state index in [9.17, 15) is 0 Å². The molecular weight excluding hydrogens is 512 g/mol. The maximum atomic E-state index is 6.12. The average molecular weight is 541 g/mol. The van der Waals surface area contributed by atoms with Gasteiger partial charge in [0, 0.05) is 49.9 Å². The molecule has 6 rings (SSSR count). The van der Waals surface area contributed by atoms with Gasteiger partial charge in [-0.2, -0.15) is 0 Å². The highest BCUT2D eigenvalue weighted by molar-refractivity contribution is 6.31. The predicted molar refractivity (Wildman–Crippen MR) is 153 cm³/mol. The van der Waals surface area contributed by atoms with Crippen molar-refractivity contribution in [3.8, 4) is 0 Å². The summed E-state index contributed by atoms with van der Waals surface area (Å²) in [6, 6.07) is 16.3. The van der Waals surface area contributed by atoms with E-state index in [0.717, 1.165) is 51.5 Å². The largest absolute Gasteiger partial charge is 0.363 e. The standard InChI is InChI=1S/C14H14ClN5.C14H15N5/c1-9-3-4-11(7-12(9)15)8-17-13-14-19-18-10(2)20(14)6-5-16-13;1-11-16-17-14-13(15-8-9-19(11)14)18(2)10-12-6-4-3-5-7-12/h3-7H,8H2,1-2H3,(H,16,17);3-9H,10H2,1-2H3. The average Bonchev–Trinajstić information content (AvgIpc) is 3.53. The van der Waals surface area contributed by atoms with Crippen LogP contribution in [0.2, 0.25) is 5.02 Å². The molecule has 0 saturated heterocycles. The summed E-state index contributed by atoms with van der Waals surface area (Å²) in [6.45, 7) is 7.25.